The maximum absolute atomic E-state index is 13.1. The molecule has 4 N–H and O–H groups in total. The summed E-state index contributed by atoms with van der Waals surface area (Å²) in [6.07, 6.45) is 0.856. The van der Waals surface area contributed by atoms with Crippen LogP contribution in [0.5, 0.6) is 11.5 Å². The number of piperidine rings is 1. The Morgan fingerprint density at radius 3 is 2.24 bits per heavy atom. The number of ether oxygens (including phenoxy) is 2. The molecule has 0 spiro atoms. The number of rotatable bonds is 13. The van der Waals surface area contributed by atoms with E-state index in [-0.39, 0.29) is 47.7 Å². The molecule has 6 rings (SSSR count). The minimum atomic E-state index is -0.997. The van der Waals surface area contributed by atoms with Gasteiger partial charge in [-0.05, 0) is 66.4 Å². The molecule has 0 aliphatic carbocycles. The molecule has 14 heteroatoms. The van der Waals surface area contributed by atoms with Crippen LogP contribution in [0.4, 0.5) is 5.69 Å². The number of carbonyl (C=O) groups is 5. The van der Waals surface area contributed by atoms with Gasteiger partial charge in [-0.25, -0.2) is 0 Å². The maximum atomic E-state index is 13.1. The van der Waals surface area contributed by atoms with E-state index in [2.05, 4.69) is 34.6 Å². The van der Waals surface area contributed by atoms with Gasteiger partial charge in [0.05, 0.1) is 17.7 Å². The molecule has 4 aromatic rings. The lowest BCUT2D eigenvalue weighted by Gasteiger charge is -2.27. The summed E-state index contributed by atoms with van der Waals surface area (Å²) < 4.78 is 16.6. The summed E-state index contributed by atoms with van der Waals surface area (Å²) in [5, 5.41) is 8.95. The number of nitrogens with zero attached hydrogens (tertiary/aromatic N) is 3. The molecule has 0 radical (unpaired) electrons. The lowest BCUT2D eigenvalue weighted by molar-refractivity contribution is -0.136. The monoisotopic (exact) mass is 666 g/mol. The van der Waals surface area contributed by atoms with Crippen LogP contribution in [-0.2, 0) is 21.6 Å². The smallest absolute Gasteiger partial charge is 0.290 e. The van der Waals surface area contributed by atoms with Crippen molar-refractivity contribution in [2.45, 2.75) is 51.2 Å². The van der Waals surface area contributed by atoms with Crippen molar-refractivity contribution in [2.75, 3.05) is 18.5 Å². The molecule has 49 heavy (non-hydrogen) atoms. The third kappa shape index (κ3) is 6.98. The highest BCUT2D eigenvalue weighted by Crippen LogP contribution is 2.34. The molecule has 3 aromatic carbocycles. The van der Waals surface area contributed by atoms with Crippen LogP contribution in [0.2, 0.25) is 0 Å². The third-order valence-corrected chi connectivity index (χ3v) is 8.56. The second-order valence-corrected chi connectivity index (χ2v) is 12.2. The van der Waals surface area contributed by atoms with Gasteiger partial charge in [-0.2, -0.15) is 4.98 Å². The van der Waals surface area contributed by atoms with Crippen LogP contribution in [0.1, 0.15) is 81.5 Å². The molecule has 2 aliphatic rings. The van der Waals surface area contributed by atoms with E-state index >= 15 is 0 Å². The molecule has 2 aliphatic heterocycles. The Labute approximate surface area is 280 Å². The van der Waals surface area contributed by atoms with Crippen LogP contribution in [-0.4, -0.2) is 63.8 Å². The molecule has 1 unspecified atom stereocenters. The first kappa shape index (κ1) is 32.9. The zero-order valence-corrected chi connectivity index (χ0v) is 26.9. The van der Waals surface area contributed by atoms with Crippen LogP contribution in [0.15, 0.2) is 71.3 Å². The van der Waals surface area contributed by atoms with Crippen LogP contribution in [0, 0.1) is 0 Å². The Morgan fingerprint density at radius 1 is 0.959 bits per heavy atom. The number of amides is 5. The van der Waals surface area contributed by atoms with Crippen LogP contribution in [0.3, 0.4) is 0 Å². The number of imide groups is 2. The van der Waals surface area contributed by atoms with Gasteiger partial charge in [0.2, 0.25) is 11.8 Å². The topological polar surface area (TPSA) is 196 Å². The number of nitrogens with two attached hydrogens (primary N) is 1. The van der Waals surface area contributed by atoms with Crippen molar-refractivity contribution in [3.8, 4) is 11.5 Å². The lowest BCUT2D eigenvalue weighted by Crippen LogP contribution is -2.54. The maximum Gasteiger partial charge on any atom is 0.290 e. The highest BCUT2D eigenvalue weighted by atomic mass is 16.5. The molecule has 5 amide bonds. The third-order valence-electron chi connectivity index (χ3n) is 8.56. The molecule has 1 fully saturated rings. The second kappa shape index (κ2) is 13.6. The summed E-state index contributed by atoms with van der Waals surface area (Å²) in [6, 6.07) is 19.5. The van der Waals surface area contributed by atoms with Crippen molar-refractivity contribution >= 4 is 35.2 Å². The fourth-order valence-electron chi connectivity index (χ4n) is 5.74. The van der Waals surface area contributed by atoms with Gasteiger partial charge < -0.3 is 25.0 Å². The van der Waals surface area contributed by atoms with Gasteiger partial charge in [0.25, 0.3) is 29.4 Å². The van der Waals surface area contributed by atoms with Crippen molar-refractivity contribution in [1.29, 1.82) is 0 Å². The molecule has 1 atom stereocenters. The zero-order valence-electron chi connectivity index (χ0n) is 26.9. The number of aromatic nitrogens is 2. The molecule has 0 saturated carbocycles. The summed E-state index contributed by atoms with van der Waals surface area (Å²) in [7, 11) is 0. The summed E-state index contributed by atoms with van der Waals surface area (Å²) in [5.74, 6) is -1.61. The number of primary amides is 1. The first-order valence-electron chi connectivity index (χ1n) is 15.7. The largest absolute Gasteiger partial charge is 0.494 e. The minimum absolute atomic E-state index is 0.00475. The molecule has 252 valence electrons. The van der Waals surface area contributed by atoms with Gasteiger partial charge in [-0.15, -0.1) is 0 Å². The first-order chi connectivity index (χ1) is 23.5. The molecule has 14 nitrogen and oxygen atoms in total. The minimum Gasteiger partial charge on any atom is -0.494 e. The van der Waals surface area contributed by atoms with Crippen molar-refractivity contribution < 1.29 is 38.0 Å². The quantitative estimate of drug-likeness (QED) is 0.140. The Morgan fingerprint density at radius 2 is 1.61 bits per heavy atom. The Bertz CT molecular complexity index is 1920. The van der Waals surface area contributed by atoms with E-state index in [0.717, 1.165) is 21.8 Å². The zero-order chi connectivity index (χ0) is 34.7. The van der Waals surface area contributed by atoms with Gasteiger partial charge in [0.1, 0.15) is 17.5 Å². The predicted octanol–water partition coefficient (Wildman–Crippen LogP) is 3.36. The van der Waals surface area contributed by atoms with Gasteiger partial charge in [-0.3, -0.25) is 34.2 Å². The lowest BCUT2D eigenvalue weighted by atomic mass is 9.78. The Kier molecular flexibility index (Phi) is 9.12. The number of fused-ring (bicyclic) bond motifs is 1. The van der Waals surface area contributed by atoms with Crippen molar-refractivity contribution in [2.24, 2.45) is 5.73 Å². The van der Waals surface area contributed by atoms with Crippen molar-refractivity contribution in [3.63, 3.8) is 0 Å². The van der Waals surface area contributed by atoms with Crippen LogP contribution < -0.4 is 25.8 Å². The second-order valence-electron chi connectivity index (χ2n) is 12.2. The van der Waals surface area contributed by atoms with E-state index in [9.17, 15) is 24.0 Å². The number of benzene rings is 3. The molecule has 1 aromatic heterocycles. The van der Waals surface area contributed by atoms with E-state index in [4.69, 9.17) is 19.7 Å². The van der Waals surface area contributed by atoms with Gasteiger partial charge in [0, 0.05) is 24.1 Å². The number of hydrogen-bond donors (Lipinski definition) is 3. The summed E-state index contributed by atoms with van der Waals surface area (Å²) in [5.41, 5.74) is 8.15. The number of carbonyl (C=O) groups excluding carboxylic acids is 5. The van der Waals surface area contributed by atoms with E-state index < -0.39 is 35.6 Å². The normalized spacial score (nSPS) is 16.0. The number of nitrogens with one attached hydrogen (secondary N) is 2. The molecule has 3 heterocycles. The summed E-state index contributed by atoms with van der Waals surface area (Å²) in [6.45, 7) is 5.28. The Hall–Kier alpha value is -6.05. The van der Waals surface area contributed by atoms with Gasteiger partial charge >= 0.3 is 0 Å². The first-order valence-corrected chi connectivity index (χ1v) is 15.7. The van der Waals surface area contributed by atoms with Crippen molar-refractivity contribution in [1.82, 2.24) is 20.4 Å². The predicted molar refractivity (Wildman–Crippen MR) is 174 cm³/mol. The van der Waals surface area contributed by atoms with Gasteiger partial charge in [-0.1, -0.05) is 43.3 Å². The molecular formula is C35H34N6O8. The molecular weight excluding hydrogens is 632 g/mol. The van der Waals surface area contributed by atoms with E-state index in [1.54, 1.807) is 18.2 Å². The van der Waals surface area contributed by atoms with Crippen LogP contribution in [0.25, 0.3) is 0 Å². The fourth-order valence-corrected chi connectivity index (χ4v) is 5.74. The average Bonchev–Trinajstić information content (AvgIpc) is 3.67. The molecule has 0 bridgehead atoms. The van der Waals surface area contributed by atoms with E-state index in [0.29, 0.717) is 31.0 Å². The standard InChI is InChI=1S/C35H34N6O8/c1-35(2,21-6-11-24(12-7-21)48-19-29-39-31(30(36)43)40-49-29)20-4-9-23(10-5-20)47-17-3-16-37-22-8-13-25-26(18-22)34(46)41(33(25)45)27-14-15-28(42)38-32(27)44/h4-13,18,27,37H,3,14-17,19H2,1-2H3,(H2,36,43)(H,38,42,44). The average molecular weight is 667 g/mol. The number of anilines is 1. The SMILES string of the molecule is CC(C)(c1ccc(OCCCNc2ccc3c(c2)C(=O)N(C2CCC(=O)NC2=O)C3=O)cc1)c1ccc(OCc2nc(C(N)=O)no2)cc1. The highest BCUT2D eigenvalue weighted by Gasteiger charge is 2.44. The van der Waals surface area contributed by atoms with Crippen LogP contribution >= 0.6 is 0 Å². The summed E-state index contributed by atoms with van der Waals surface area (Å²) in [4.78, 5) is 65.7. The van der Waals surface area contributed by atoms with Gasteiger partial charge in [0.15, 0.2) is 6.61 Å². The number of hydrogen-bond acceptors (Lipinski definition) is 11. The van der Waals surface area contributed by atoms with Crippen molar-refractivity contribution in [3.05, 3.63) is 101 Å². The fraction of sp³-hybridized carbons (Fsp3) is 0.286. The highest BCUT2D eigenvalue weighted by molar-refractivity contribution is 6.23. The summed E-state index contributed by atoms with van der Waals surface area (Å²) >= 11 is 0. The molecule has 1 saturated heterocycles. The Balaban J connectivity index is 0.962. The van der Waals surface area contributed by atoms with E-state index in [1.807, 2.05) is 48.5 Å². The van der Waals surface area contributed by atoms with E-state index in [1.165, 1.54) is 0 Å².